The SMILES string of the molecule is Cc1csc(=O)n1CCCC(=O)NCCCn1ccc2ccccc21. The molecule has 0 aliphatic heterocycles. The van der Waals surface area contributed by atoms with E-state index in [-0.39, 0.29) is 10.8 Å². The number of para-hydroxylation sites is 1. The summed E-state index contributed by atoms with van der Waals surface area (Å²) in [6, 6.07) is 10.4. The summed E-state index contributed by atoms with van der Waals surface area (Å²) in [6.07, 6.45) is 4.13. The number of nitrogens with one attached hydrogen (secondary N) is 1. The van der Waals surface area contributed by atoms with Crippen LogP contribution in [0.5, 0.6) is 0 Å². The summed E-state index contributed by atoms with van der Waals surface area (Å²) in [4.78, 5) is 23.6. The van der Waals surface area contributed by atoms with Gasteiger partial charge in [-0.2, -0.15) is 0 Å². The van der Waals surface area contributed by atoms with Crippen LogP contribution in [-0.2, 0) is 17.9 Å². The fourth-order valence-corrected chi connectivity index (χ4v) is 3.73. The van der Waals surface area contributed by atoms with Gasteiger partial charge in [-0.3, -0.25) is 9.59 Å². The summed E-state index contributed by atoms with van der Waals surface area (Å²) in [5.74, 6) is 0.0540. The molecule has 3 rings (SSSR count). The van der Waals surface area contributed by atoms with Crippen LogP contribution in [0.4, 0.5) is 0 Å². The van der Waals surface area contributed by atoms with Gasteiger partial charge in [0.15, 0.2) is 0 Å². The Balaban J connectivity index is 1.36. The Kier molecular flexibility index (Phi) is 5.71. The summed E-state index contributed by atoms with van der Waals surface area (Å²) >= 11 is 1.21. The van der Waals surface area contributed by atoms with Crippen LogP contribution < -0.4 is 10.2 Å². The van der Waals surface area contributed by atoms with Crippen molar-refractivity contribution >= 4 is 28.1 Å². The van der Waals surface area contributed by atoms with Crippen LogP contribution in [0, 0.1) is 6.92 Å². The smallest absolute Gasteiger partial charge is 0.307 e. The standard InChI is InChI=1S/C19H23N3O2S/c1-15-14-25-19(24)22(15)12-4-8-18(23)20-10-5-11-21-13-9-16-6-2-3-7-17(16)21/h2-3,6-7,9,13-14H,4-5,8,10-12H2,1H3,(H,20,23). The molecular weight excluding hydrogens is 334 g/mol. The summed E-state index contributed by atoms with van der Waals surface area (Å²) in [7, 11) is 0. The molecule has 1 N–H and O–H groups in total. The quantitative estimate of drug-likeness (QED) is 0.630. The summed E-state index contributed by atoms with van der Waals surface area (Å²) in [5.41, 5.74) is 2.19. The van der Waals surface area contributed by atoms with Crippen molar-refractivity contribution < 1.29 is 4.79 Å². The van der Waals surface area contributed by atoms with E-state index in [9.17, 15) is 9.59 Å². The van der Waals surface area contributed by atoms with Gasteiger partial charge in [-0.1, -0.05) is 29.5 Å². The van der Waals surface area contributed by atoms with Gasteiger partial charge in [0.25, 0.3) is 0 Å². The minimum Gasteiger partial charge on any atom is -0.356 e. The molecule has 0 spiro atoms. The van der Waals surface area contributed by atoms with E-state index in [0.717, 1.165) is 18.7 Å². The number of carbonyl (C=O) groups is 1. The lowest BCUT2D eigenvalue weighted by atomic mass is 10.2. The highest BCUT2D eigenvalue weighted by atomic mass is 32.1. The molecular formula is C19H23N3O2S. The van der Waals surface area contributed by atoms with Crippen molar-refractivity contribution in [2.24, 2.45) is 0 Å². The first-order valence-electron chi connectivity index (χ1n) is 8.60. The fourth-order valence-electron chi connectivity index (χ4n) is 2.97. The van der Waals surface area contributed by atoms with Gasteiger partial charge >= 0.3 is 4.87 Å². The second kappa shape index (κ2) is 8.16. The zero-order valence-electron chi connectivity index (χ0n) is 14.4. The normalized spacial score (nSPS) is 11.1. The first-order chi connectivity index (χ1) is 12.1. The third kappa shape index (κ3) is 4.39. The molecule has 0 atom stereocenters. The topological polar surface area (TPSA) is 56.0 Å². The van der Waals surface area contributed by atoms with E-state index in [0.29, 0.717) is 25.9 Å². The summed E-state index contributed by atoms with van der Waals surface area (Å²) in [6.45, 7) is 4.08. The minimum atomic E-state index is 0.0526. The Labute approximate surface area is 150 Å². The maximum absolute atomic E-state index is 11.9. The van der Waals surface area contributed by atoms with Gasteiger partial charge in [0.05, 0.1) is 0 Å². The van der Waals surface area contributed by atoms with Crippen molar-refractivity contribution in [2.75, 3.05) is 6.54 Å². The molecule has 0 bridgehead atoms. The monoisotopic (exact) mass is 357 g/mol. The number of amides is 1. The number of carbonyl (C=O) groups excluding carboxylic acids is 1. The van der Waals surface area contributed by atoms with Crippen molar-refractivity contribution in [1.29, 1.82) is 0 Å². The maximum atomic E-state index is 11.9. The number of hydrogen-bond donors (Lipinski definition) is 1. The van der Waals surface area contributed by atoms with Crippen LogP contribution >= 0.6 is 11.3 Å². The lowest BCUT2D eigenvalue weighted by Crippen LogP contribution is -2.25. The predicted molar refractivity (Wildman–Crippen MR) is 102 cm³/mol. The summed E-state index contributed by atoms with van der Waals surface area (Å²) < 4.78 is 3.95. The number of hydrogen-bond acceptors (Lipinski definition) is 3. The van der Waals surface area contributed by atoms with Crippen molar-refractivity contribution in [3.8, 4) is 0 Å². The van der Waals surface area contributed by atoms with Gasteiger partial charge in [-0.25, -0.2) is 0 Å². The Hall–Kier alpha value is -2.34. The Bertz CT molecular complexity index is 907. The predicted octanol–water partition coefficient (Wildman–Crippen LogP) is 3.16. The van der Waals surface area contributed by atoms with Crippen LogP contribution in [0.2, 0.25) is 0 Å². The average molecular weight is 357 g/mol. The molecule has 132 valence electrons. The van der Waals surface area contributed by atoms with E-state index in [1.807, 2.05) is 24.4 Å². The molecule has 0 saturated heterocycles. The van der Waals surface area contributed by atoms with E-state index in [2.05, 4.69) is 34.3 Å². The van der Waals surface area contributed by atoms with Crippen LogP contribution in [0.3, 0.4) is 0 Å². The molecule has 1 amide bonds. The van der Waals surface area contributed by atoms with Crippen LogP contribution in [0.15, 0.2) is 46.7 Å². The number of rotatable bonds is 8. The van der Waals surface area contributed by atoms with Gasteiger partial charge in [0.2, 0.25) is 5.91 Å². The average Bonchev–Trinajstić information content (AvgIpc) is 3.16. The highest BCUT2D eigenvalue weighted by Crippen LogP contribution is 2.15. The Morgan fingerprint density at radius 2 is 2.00 bits per heavy atom. The molecule has 0 saturated carbocycles. The van der Waals surface area contributed by atoms with Crippen LogP contribution in [-0.4, -0.2) is 21.6 Å². The third-order valence-corrected chi connectivity index (χ3v) is 5.22. The molecule has 5 nitrogen and oxygen atoms in total. The summed E-state index contributed by atoms with van der Waals surface area (Å²) in [5, 5.41) is 6.06. The molecule has 0 fully saturated rings. The number of aromatic nitrogens is 2. The highest BCUT2D eigenvalue weighted by molar-refractivity contribution is 7.07. The molecule has 2 aromatic heterocycles. The first kappa shape index (κ1) is 17.5. The van der Waals surface area contributed by atoms with E-state index >= 15 is 0 Å². The lowest BCUT2D eigenvalue weighted by Gasteiger charge is -2.08. The molecule has 0 unspecified atom stereocenters. The molecule has 3 aromatic rings. The van der Waals surface area contributed by atoms with E-state index in [1.54, 1.807) is 4.57 Å². The lowest BCUT2D eigenvalue weighted by molar-refractivity contribution is -0.121. The van der Waals surface area contributed by atoms with E-state index in [1.165, 1.54) is 22.2 Å². The number of fused-ring (bicyclic) bond motifs is 1. The van der Waals surface area contributed by atoms with Gasteiger partial charge in [0.1, 0.15) is 0 Å². The van der Waals surface area contributed by atoms with E-state index < -0.39 is 0 Å². The number of benzene rings is 1. The first-order valence-corrected chi connectivity index (χ1v) is 9.48. The second-order valence-corrected chi connectivity index (χ2v) is 6.99. The number of thiazole rings is 1. The maximum Gasteiger partial charge on any atom is 0.307 e. The highest BCUT2D eigenvalue weighted by Gasteiger charge is 2.05. The van der Waals surface area contributed by atoms with Crippen molar-refractivity contribution in [1.82, 2.24) is 14.5 Å². The van der Waals surface area contributed by atoms with Crippen molar-refractivity contribution in [2.45, 2.75) is 39.3 Å². The Morgan fingerprint density at radius 3 is 2.80 bits per heavy atom. The molecule has 25 heavy (non-hydrogen) atoms. The van der Waals surface area contributed by atoms with Gasteiger partial charge in [-0.05, 0) is 37.3 Å². The molecule has 0 aliphatic rings. The largest absolute Gasteiger partial charge is 0.356 e. The zero-order chi connectivity index (χ0) is 17.6. The molecule has 1 aromatic carbocycles. The van der Waals surface area contributed by atoms with Crippen molar-refractivity contribution in [3.63, 3.8) is 0 Å². The number of aryl methyl sites for hydroxylation is 2. The molecule has 2 heterocycles. The van der Waals surface area contributed by atoms with Gasteiger partial charge in [-0.15, -0.1) is 0 Å². The van der Waals surface area contributed by atoms with E-state index in [4.69, 9.17) is 0 Å². The second-order valence-electron chi connectivity index (χ2n) is 6.17. The zero-order valence-corrected chi connectivity index (χ0v) is 15.2. The number of nitrogens with zero attached hydrogens (tertiary/aromatic N) is 2. The minimum absolute atomic E-state index is 0.0526. The van der Waals surface area contributed by atoms with Crippen LogP contribution in [0.1, 0.15) is 25.0 Å². The van der Waals surface area contributed by atoms with Crippen LogP contribution in [0.25, 0.3) is 10.9 Å². The Morgan fingerprint density at radius 1 is 1.16 bits per heavy atom. The van der Waals surface area contributed by atoms with Gasteiger partial charge in [0, 0.05) is 48.8 Å². The molecule has 0 radical (unpaired) electrons. The molecule has 0 aliphatic carbocycles. The fraction of sp³-hybridized carbons (Fsp3) is 0.368. The third-order valence-electron chi connectivity index (χ3n) is 4.34. The molecule has 6 heteroatoms. The van der Waals surface area contributed by atoms with Crippen molar-refractivity contribution in [3.05, 3.63) is 57.3 Å². The van der Waals surface area contributed by atoms with Gasteiger partial charge < -0.3 is 14.5 Å².